The molecule has 0 aromatic heterocycles. The third kappa shape index (κ3) is 4.19. The second kappa shape index (κ2) is 6.33. The Morgan fingerprint density at radius 3 is 2.89 bits per heavy atom. The second-order valence-corrected chi connectivity index (χ2v) is 6.22. The zero-order chi connectivity index (χ0) is 13.0. The van der Waals surface area contributed by atoms with Gasteiger partial charge in [-0.15, -0.1) is 0 Å². The van der Waals surface area contributed by atoms with Gasteiger partial charge in [-0.2, -0.15) is 0 Å². The number of morpholine rings is 1. The van der Waals surface area contributed by atoms with Crippen molar-refractivity contribution in [1.29, 1.82) is 0 Å². The van der Waals surface area contributed by atoms with E-state index in [2.05, 4.69) is 31.0 Å². The van der Waals surface area contributed by atoms with Crippen LogP contribution in [0.1, 0.15) is 33.6 Å². The minimum absolute atomic E-state index is 0.00107. The van der Waals surface area contributed by atoms with Gasteiger partial charge in [0.15, 0.2) is 0 Å². The zero-order valence-electron chi connectivity index (χ0n) is 12.1. The Balaban J connectivity index is 1.65. The first-order valence-corrected chi connectivity index (χ1v) is 7.27. The summed E-state index contributed by atoms with van der Waals surface area (Å²) < 4.78 is 11.4. The van der Waals surface area contributed by atoms with Gasteiger partial charge in [-0.3, -0.25) is 4.90 Å². The number of nitrogens with zero attached hydrogens (tertiary/aromatic N) is 1. The monoisotopic (exact) mass is 256 g/mol. The van der Waals surface area contributed by atoms with Gasteiger partial charge in [0.25, 0.3) is 0 Å². The molecule has 2 aliphatic rings. The first kappa shape index (κ1) is 14.3. The van der Waals surface area contributed by atoms with Gasteiger partial charge in [0.2, 0.25) is 0 Å². The van der Waals surface area contributed by atoms with Crippen molar-refractivity contribution in [1.82, 2.24) is 10.2 Å². The Morgan fingerprint density at radius 1 is 1.39 bits per heavy atom. The normalized spacial score (nSPS) is 30.5. The Labute approximate surface area is 111 Å². The molecule has 1 N–H and O–H groups in total. The second-order valence-electron chi connectivity index (χ2n) is 6.22. The van der Waals surface area contributed by atoms with E-state index in [9.17, 15) is 0 Å². The van der Waals surface area contributed by atoms with Crippen LogP contribution in [0, 0.1) is 0 Å². The highest BCUT2D eigenvalue weighted by Crippen LogP contribution is 2.18. The molecule has 0 aromatic carbocycles. The van der Waals surface area contributed by atoms with E-state index >= 15 is 0 Å². The summed E-state index contributed by atoms with van der Waals surface area (Å²) >= 11 is 0. The summed E-state index contributed by atoms with van der Waals surface area (Å²) in [7, 11) is 0. The van der Waals surface area contributed by atoms with Crippen LogP contribution in [0.25, 0.3) is 0 Å². The molecular formula is C14H28N2O2. The Hall–Kier alpha value is -0.160. The Bertz CT molecular complexity index is 252. The first-order valence-electron chi connectivity index (χ1n) is 7.27. The number of hydrogen-bond donors (Lipinski definition) is 1. The largest absolute Gasteiger partial charge is 0.377 e. The standard InChI is InChI=1S/C14H28N2O2/c1-12(9-15-10-13-5-4-7-17-13)16-6-8-18-14(2,3)11-16/h12-13,15H,4-11H2,1-3H3. The molecule has 0 radical (unpaired) electrons. The fourth-order valence-electron chi connectivity index (χ4n) is 2.82. The maximum absolute atomic E-state index is 5.75. The third-order valence-electron chi connectivity index (χ3n) is 3.91. The quantitative estimate of drug-likeness (QED) is 0.803. The molecule has 4 heteroatoms. The van der Waals surface area contributed by atoms with Crippen LogP contribution in [0.2, 0.25) is 0 Å². The lowest BCUT2D eigenvalue weighted by atomic mass is 10.1. The van der Waals surface area contributed by atoms with Crippen molar-refractivity contribution >= 4 is 0 Å². The van der Waals surface area contributed by atoms with Gasteiger partial charge in [0.05, 0.1) is 18.3 Å². The molecule has 2 aliphatic heterocycles. The number of rotatable bonds is 5. The third-order valence-corrected chi connectivity index (χ3v) is 3.91. The topological polar surface area (TPSA) is 33.7 Å². The average molecular weight is 256 g/mol. The van der Waals surface area contributed by atoms with E-state index in [0.717, 1.165) is 39.4 Å². The van der Waals surface area contributed by atoms with Crippen LogP contribution >= 0.6 is 0 Å². The molecule has 0 aromatic rings. The lowest BCUT2D eigenvalue weighted by molar-refractivity contribution is -0.0951. The Kier molecular flexibility index (Phi) is 5.01. The van der Waals surface area contributed by atoms with Crippen LogP contribution in [-0.2, 0) is 9.47 Å². The molecule has 0 amide bonds. The van der Waals surface area contributed by atoms with Gasteiger partial charge in [0.1, 0.15) is 0 Å². The van der Waals surface area contributed by atoms with Crippen LogP contribution in [0.3, 0.4) is 0 Å². The average Bonchev–Trinajstić information content (AvgIpc) is 2.80. The summed E-state index contributed by atoms with van der Waals surface area (Å²) in [5.74, 6) is 0. The lowest BCUT2D eigenvalue weighted by Gasteiger charge is -2.41. The van der Waals surface area contributed by atoms with Crippen LogP contribution in [0.5, 0.6) is 0 Å². The van der Waals surface area contributed by atoms with Gasteiger partial charge in [0, 0.05) is 38.8 Å². The molecule has 0 aliphatic carbocycles. The fourth-order valence-corrected chi connectivity index (χ4v) is 2.82. The molecular weight excluding hydrogens is 228 g/mol. The van der Waals surface area contributed by atoms with Gasteiger partial charge < -0.3 is 14.8 Å². The number of ether oxygens (including phenoxy) is 2. The van der Waals surface area contributed by atoms with Crippen molar-refractivity contribution < 1.29 is 9.47 Å². The van der Waals surface area contributed by atoms with E-state index in [1.54, 1.807) is 0 Å². The summed E-state index contributed by atoms with van der Waals surface area (Å²) in [5.41, 5.74) is 0.00107. The number of hydrogen-bond acceptors (Lipinski definition) is 4. The van der Waals surface area contributed by atoms with E-state index in [1.807, 2.05) is 0 Å². The predicted molar refractivity (Wildman–Crippen MR) is 72.9 cm³/mol. The number of nitrogens with one attached hydrogen (secondary N) is 1. The van der Waals surface area contributed by atoms with Crippen molar-refractivity contribution in [3.63, 3.8) is 0 Å². The van der Waals surface area contributed by atoms with Crippen molar-refractivity contribution in [2.45, 2.75) is 51.4 Å². The molecule has 106 valence electrons. The SMILES string of the molecule is CC(CNCC1CCCO1)N1CCOC(C)(C)C1. The molecule has 2 atom stereocenters. The van der Waals surface area contributed by atoms with Gasteiger partial charge in [-0.05, 0) is 33.6 Å². The van der Waals surface area contributed by atoms with Crippen molar-refractivity contribution in [3.8, 4) is 0 Å². The van der Waals surface area contributed by atoms with E-state index < -0.39 is 0 Å². The molecule has 18 heavy (non-hydrogen) atoms. The summed E-state index contributed by atoms with van der Waals surface area (Å²) in [5, 5.41) is 3.54. The molecule has 0 saturated carbocycles. The summed E-state index contributed by atoms with van der Waals surface area (Å²) in [6.07, 6.45) is 2.88. The lowest BCUT2D eigenvalue weighted by Crippen LogP contribution is -2.53. The van der Waals surface area contributed by atoms with E-state index in [4.69, 9.17) is 9.47 Å². The van der Waals surface area contributed by atoms with Crippen molar-refractivity contribution in [2.75, 3.05) is 39.4 Å². The van der Waals surface area contributed by atoms with Crippen LogP contribution in [0.4, 0.5) is 0 Å². The van der Waals surface area contributed by atoms with Gasteiger partial charge >= 0.3 is 0 Å². The maximum atomic E-state index is 5.75. The van der Waals surface area contributed by atoms with E-state index in [1.165, 1.54) is 12.8 Å². The highest BCUT2D eigenvalue weighted by Gasteiger charge is 2.29. The first-order chi connectivity index (χ1) is 8.57. The molecule has 2 saturated heterocycles. The zero-order valence-corrected chi connectivity index (χ0v) is 12.1. The molecule has 2 unspecified atom stereocenters. The molecule has 0 spiro atoms. The van der Waals surface area contributed by atoms with Gasteiger partial charge in [-0.25, -0.2) is 0 Å². The summed E-state index contributed by atoms with van der Waals surface area (Å²) in [6.45, 7) is 12.5. The summed E-state index contributed by atoms with van der Waals surface area (Å²) in [6, 6.07) is 0.564. The molecule has 0 bridgehead atoms. The highest BCUT2D eigenvalue weighted by atomic mass is 16.5. The highest BCUT2D eigenvalue weighted by molar-refractivity contribution is 4.83. The van der Waals surface area contributed by atoms with E-state index in [-0.39, 0.29) is 5.60 Å². The summed E-state index contributed by atoms with van der Waals surface area (Å²) in [4.78, 5) is 2.52. The smallest absolute Gasteiger partial charge is 0.0753 e. The molecule has 2 heterocycles. The van der Waals surface area contributed by atoms with Crippen LogP contribution in [0.15, 0.2) is 0 Å². The maximum Gasteiger partial charge on any atom is 0.0753 e. The van der Waals surface area contributed by atoms with E-state index in [0.29, 0.717) is 12.1 Å². The molecule has 2 rings (SSSR count). The molecule has 4 nitrogen and oxygen atoms in total. The van der Waals surface area contributed by atoms with Crippen molar-refractivity contribution in [3.05, 3.63) is 0 Å². The minimum Gasteiger partial charge on any atom is -0.377 e. The Morgan fingerprint density at radius 2 is 2.22 bits per heavy atom. The van der Waals surface area contributed by atoms with Crippen molar-refractivity contribution in [2.24, 2.45) is 0 Å². The predicted octanol–water partition coefficient (Wildman–Crippen LogP) is 1.25. The van der Waals surface area contributed by atoms with Gasteiger partial charge in [-0.1, -0.05) is 0 Å². The molecule has 2 fully saturated rings. The van der Waals surface area contributed by atoms with Crippen LogP contribution < -0.4 is 5.32 Å². The minimum atomic E-state index is 0.00107. The van der Waals surface area contributed by atoms with Crippen LogP contribution in [-0.4, -0.2) is 62.0 Å². The fraction of sp³-hybridized carbons (Fsp3) is 1.00.